The van der Waals surface area contributed by atoms with Crippen LogP contribution >= 0.6 is 0 Å². The monoisotopic (exact) mass is 214 g/mol. The first-order valence-corrected chi connectivity index (χ1v) is 5.19. The lowest BCUT2D eigenvalue weighted by molar-refractivity contribution is 0.475. The first-order valence-electron chi connectivity index (χ1n) is 5.19. The van der Waals surface area contributed by atoms with Crippen molar-refractivity contribution in [3.8, 4) is 5.75 Å². The third-order valence-corrected chi connectivity index (χ3v) is 2.45. The molecule has 0 aliphatic rings. The van der Waals surface area contributed by atoms with E-state index in [4.69, 9.17) is 0 Å². The van der Waals surface area contributed by atoms with E-state index in [1.54, 1.807) is 18.3 Å². The van der Waals surface area contributed by atoms with Gasteiger partial charge in [-0.15, -0.1) is 0 Å². The fourth-order valence-electron chi connectivity index (χ4n) is 1.52. The molecule has 0 saturated carbocycles. The van der Waals surface area contributed by atoms with E-state index in [0.29, 0.717) is 6.54 Å². The van der Waals surface area contributed by atoms with E-state index in [-0.39, 0.29) is 5.75 Å². The molecule has 1 heterocycles. The van der Waals surface area contributed by atoms with Crippen LogP contribution < -0.4 is 5.32 Å². The molecule has 0 saturated heterocycles. The van der Waals surface area contributed by atoms with Crippen LogP contribution in [-0.2, 0) is 6.54 Å². The normalized spacial score (nSPS) is 10.1. The summed E-state index contributed by atoms with van der Waals surface area (Å²) in [5.74, 6) is 0.271. The number of aromatic hydroxyl groups is 1. The van der Waals surface area contributed by atoms with Gasteiger partial charge in [-0.25, -0.2) is 0 Å². The second-order valence-corrected chi connectivity index (χ2v) is 3.65. The number of hydrogen-bond donors (Lipinski definition) is 2. The van der Waals surface area contributed by atoms with Gasteiger partial charge in [-0.3, -0.25) is 4.98 Å². The molecule has 2 rings (SSSR count). The summed E-state index contributed by atoms with van der Waals surface area (Å²) in [6.07, 6.45) is 1.78. The molecule has 2 N–H and O–H groups in total. The smallest absolute Gasteiger partial charge is 0.117 e. The summed E-state index contributed by atoms with van der Waals surface area (Å²) in [4.78, 5) is 4.22. The molecule has 1 aromatic heterocycles. The van der Waals surface area contributed by atoms with Gasteiger partial charge in [-0.2, -0.15) is 0 Å². The van der Waals surface area contributed by atoms with E-state index in [0.717, 1.165) is 16.9 Å². The minimum atomic E-state index is 0.271. The SMILES string of the molecule is Cc1ncccc1CNc1cccc(O)c1. The van der Waals surface area contributed by atoms with Crippen molar-refractivity contribution in [2.45, 2.75) is 13.5 Å². The van der Waals surface area contributed by atoms with Gasteiger partial charge >= 0.3 is 0 Å². The van der Waals surface area contributed by atoms with Gasteiger partial charge in [-0.1, -0.05) is 12.1 Å². The third-order valence-electron chi connectivity index (χ3n) is 2.45. The molecule has 0 fully saturated rings. The fraction of sp³-hybridized carbons (Fsp3) is 0.154. The van der Waals surface area contributed by atoms with E-state index in [1.165, 1.54) is 0 Å². The van der Waals surface area contributed by atoms with Crippen LogP contribution in [0, 0.1) is 6.92 Å². The lowest BCUT2D eigenvalue weighted by Gasteiger charge is -2.08. The summed E-state index contributed by atoms with van der Waals surface area (Å²) in [5.41, 5.74) is 3.09. The highest BCUT2D eigenvalue weighted by molar-refractivity contribution is 5.48. The Balaban J connectivity index is 2.05. The van der Waals surface area contributed by atoms with Crippen molar-refractivity contribution in [3.63, 3.8) is 0 Å². The highest BCUT2D eigenvalue weighted by Gasteiger charge is 1.98. The number of phenolic OH excluding ortho intramolecular Hbond substituents is 1. The van der Waals surface area contributed by atoms with Crippen LogP contribution in [0.4, 0.5) is 5.69 Å². The Bertz CT molecular complexity index is 483. The van der Waals surface area contributed by atoms with Crippen molar-refractivity contribution >= 4 is 5.69 Å². The van der Waals surface area contributed by atoms with E-state index >= 15 is 0 Å². The summed E-state index contributed by atoms with van der Waals surface area (Å²) in [6.45, 7) is 2.70. The first kappa shape index (κ1) is 10.5. The van der Waals surface area contributed by atoms with E-state index in [1.807, 2.05) is 31.2 Å². The van der Waals surface area contributed by atoms with Gasteiger partial charge in [0.1, 0.15) is 5.75 Å². The minimum Gasteiger partial charge on any atom is -0.508 e. The lowest BCUT2D eigenvalue weighted by Crippen LogP contribution is -2.01. The average molecular weight is 214 g/mol. The molecule has 0 atom stereocenters. The number of hydrogen-bond acceptors (Lipinski definition) is 3. The van der Waals surface area contributed by atoms with Crippen molar-refractivity contribution in [1.29, 1.82) is 0 Å². The number of aryl methyl sites for hydroxylation is 1. The highest BCUT2D eigenvalue weighted by Crippen LogP contribution is 2.16. The molecule has 0 spiro atoms. The lowest BCUT2D eigenvalue weighted by atomic mass is 10.2. The summed E-state index contributed by atoms with van der Waals surface area (Å²) < 4.78 is 0. The molecular formula is C13H14N2O. The third kappa shape index (κ3) is 2.51. The molecule has 0 bridgehead atoms. The Hall–Kier alpha value is -2.03. The number of nitrogens with one attached hydrogen (secondary N) is 1. The highest BCUT2D eigenvalue weighted by atomic mass is 16.3. The van der Waals surface area contributed by atoms with Crippen LogP contribution in [0.15, 0.2) is 42.6 Å². The molecular weight excluding hydrogens is 200 g/mol. The number of aromatic nitrogens is 1. The maximum Gasteiger partial charge on any atom is 0.117 e. The molecule has 3 nitrogen and oxygen atoms in total. The molecule has 0 radical (unpaired) electrons. The van der Waals surface area contributed by atoms with Crippen LogP contribution in [0.1, 0.15) is 11.3 Å². The number of nitrogens with zero attached hydrogens (tertiary/aromatic N) is 1. The van der Waals surface area contributed by atoms with Crippen molar-refractivity contribution in [1.82, 2.24) is 4.98 Å². The van der Waals surface area contributed by atoms with Crippen molar-refractivity contribution in [2.24, 2.45) is 0 Å². The van der Waals surface area contributed by atoms with Crippen LogP contribution in [0.25, 0.3) is 0 Å². The van der Waals surface area contributed by atoms with Crippen LogP contribution in [0.3, 0.4) is 0 Å². The molecule has 0 aliphatic carbocycles. The quantitative estimate of drug-likeness (QED) is 0.825. The molecule has 2 aromatic rings. The van der Waals surface area contributed by atoms with E-state index in [9.17, 15) is 5.11 Å². The van der Waals surface area contributed by atoms with E-state index < -0.39 is 0 Å². The summed E-state index contributed by atoms with van der Waals surface area (Å²) >= 11 is 0. The van der Waals surface area contributed by atoms with Gasteiger partial charge in [0, 0.05) is 30.2 Å². The Kier molecular flexibility index (Phi) is 3.05. The molecule has 1 aromatic carbocycles. The number of anilines is 1. The zero-order valence-corrected chi connectivity index (χ0v) is 9.14. The minimum absolute atomic E-state index is 0.271. The number of rotatable bonds is 3. The zero-order valence-electron chi connectivity index (χ0n) is 9.14. The van der Waals surface area contributed by atoms with Gasteiger partial charge in [0.15, 0.2) is 0 Å². The summed E-state index contributed by atoms with van der Waals surface area (Å²) in [7, 11) is 0. The predicted molar refractivity (Wildman–Crippen MR) is 64.4 cm³/mol. The summed E-state index contributed by atoms with van der Waals surface area (Å²) in [6, 6.07) is 11.1. The van der Waals surface area contributed by atoms with Gasteiger partial charge in [0.05, 0.1) is 0 Å². The molecule has 82 valence electrons. The second-order valence-electron chi connectivity index (χ2n) is 3.65. The summed E-state index contributed by atoms with van der Waals surface area (Å²) in [5, 5.41) is 12.6. The average Bonchev–Trinajstić information content (AvgIpc) is 2.28. The maximum atomic E-state index is 9.31. The van der Waals surface area contributed by atoms with Crippen LogP contribution in [0.5, 0.6) is 5.75 Å². The Labute approximate surface area is 94.8 Å². The van der Waals surface area contributed by atoms with Crippen LogP contribution in [0.2, 0.25) is 0 Å². The standard InChI is InChI=1S/C13H14N2O/c1-10-11(4-3-7-14-10)9-15-12-5-2-6-13(16)8-12/h2-8,15-16H,9H2,1H3. The van der Waals surface area contributed by atoms with Gasteiger partial charge in [0.2, 0.25) is 0 Å². The predicted octanol–water partition coefficient (Wildman–Crippen LogP) is 2.71. The first-order chi connectivity index (χ1) is 7.75. The van der Waals surface area contributed by atoms with Crippen molar-refractivity contribution in [3.05, 3.63) is 53.9 Å². The number of benzene rings is 1. The van der Waals surface area contributed by atoms with Gasteiger partial charge < -0.3 is 10.4 Å². The van der Waals surface area contributed by atoms with Crippen molar-refractivity contribution in [2.75, 3.05) is 5.32 Å². The molecule has 0 amide bonds. The maximum absolute atomic E-state index is 9.31. The Morgan fingerprint density at radius 1 is 1.25 bits per heavy atom. The zero-order chi connectivity index (χ0) is 11.4. The van der Waals surface area contributed by atoms with Crippen molar-refractivity contribution < 1.29 is 5.11 Å². The number of phenols is 1. The van der Waals surface area contributed by atoms with Crippen LogP contribution in [-0.4, -0.2) is 10.1 Å². The fourth-order valence-corrected chi connectivity index (χ4v) is 1.52. The Morgan fingerprint density at radius 2 is 2.12 bits per heavy atom. The molecule has 0 aliphatic heterocycles. The Morgan fingerprint density at radius 3 is 2.88 bits per heavy atom. The molecule has 16 heavy (non-hydrogen) atoms. The molecule has 3 heteroatoms. The van der Waals surface area contributed by atoms with Gasteiger partial charge in [0.25, 0.3) is 0 Å². The van der Waals surface area contributed by atoms with E-state index in [2.05, 4.69) is 10.3 Å². The van der Waals surface area contributed by atoms with Gasteiger partial charge in [-0.05, 0) is 30.7 Å². The molecule has 0 unspecified atom stereocenters. The second kappa shape index (κ2) is 4.66. The number of pyridine rings is 1. The largest absolute Gasteiger partial charge is 0.508 e. The topological polar surface area (TPSA) is 45.2 Å².